The molecule has 6 nitrogen and oxygen atoms in total. The maximum Gasteiger partial charge on any atom is 3.00 e. The fraction of sp³-hybridized carbons (Fsp3) is 0.667. The molecule has 0 aromatic heterocycles. The summed E-state index contributed by atoms with van der Waals surface area (Å²) < 4.78 is 0. The average molecular weight is 432 g/mol. The minimum absolute atomic E-state index is 0. The van der Waals surface area contributed by atoms with Gasteiger partial charge in [-0.05, 0) is 19.6 Å². The Morgan fingerprint density at radius 1 is 1.44 bits per heavy atom. The molecule has 142 valence electrons. The van der Waals surface area contributed by atoms with Crippen LogP contribution in [-0.4, -0.2) is 47.9 Å². The molecule has 0 aromatic rings. The number of hydrogen-bond acceptors (Lipinski definition) is 4. The van der Waals surface area contributed by atoms with Crippen molar-refractivity contribution in [2.75, 3.05) is 6.54 Å². The van der Waals surface area contributed by atoms with E-state index in [1.54, 1.807) is 12.7 Å². The Hall–Kier alpha value is -1.11. The third-order valence-electron chi connectivity index (χ3n) is 3.01. The van der Waals surface area contributed by atoms with Crippen LogP contribution in [-0.2, 0) is 41.6 Å². The van der Waals surface area contributed by atoms with Crippen molar-refractivity contribution < 1.29 is 41.6 Å². The molecule has 0 radical (unpaired) electrons. The predicted molar refractivity (Wildman–Crippen MR) is 94.6 cm³/mol. The van der Waals surface area contributed by atoms with E-state index in [-0.39, 0.29) is 46.8 Å². The molecule has 0 spiro atoms. The summed E-state index contributed by atoms with van der Waals surface area (Å²) in [6.45, 7) is 11.4. The van der Waals surface area contributed by atoms with Gasteiger partial charge in [-0.15, -0.1) is 0 Å². The van der Waals surface area contributed by atoms with E-state index in [4.69, 9.17) is 0 Å². The van der Waals surface area contributed by atoms with Crippen LogP contribution in [0.25, 0.3) is 0 Å². The zero-order chi connectivity index (χ0) is 19.1. The van der Waals surface area contributed by atoms with Crippen LogP contribution >= 0.6 is 0 Å². The summed E-state index contributed by atoms with van der Waals surface area (Å²) in [6.07, 6.45) is 7.64. The molecule has 1 aliphatic heterocycles. The first-order chi connectivity index (χ1) is 11.2. The SMILES string of the molecule is CC(=O)N[C@H]1CC(C)N(C[C-]=O)C1=O.CC(C)C[CH-]C=O.C[CH-]C.[Nb+3]. The van der Waals surface area contributed by atoms with Gasteiger partial charge in [0.1, 0.15) is 6.04 Å². The first-order valence-electron chi connectivity index (χ1n) is 8.18. The Morgan fingerprint density at radius 2 is 1.96 bits per heavy atom. The topological polar surface area (TPSA) is 83.6 Å². The number of hydrogen-bond donors (Lipinski definition) is 1. The molecule has 1 fully saturated rings. The Morgan fingerprint density at radius 3 is 2.28 bits per heavy atom. The van der Waals surface area contributed by atoms with Crippen LogP contribution in [0.15, 0.2) is 0 Å². The zero-order valence-electron chi connectivity index (χ0n) is 16.1. The van der Waals surface area contributed by atoms with Crippen molar-refractivity contribution >= 4 is 24.4 Å². The molecule has 1 saturated heterocycles. The quantitative estimate of drug-likeness (QED) is 0.395. The Labute approximate surface area is 168 Å². The Kier molecular flexibility index (Phi) is 20.3. The maximum absolute atomic E-state index is 11.6. The number of amides is 2. The van der Waals surface area contributed by atoms with Crippen molar-refractivity contribution in [1.82, 2.24) is 10.2 Å². The number of nitrogens with one attached hydrogen (secondary N) is 1. The van der Waals surface area contributed by atoms with E-state index in [2.05, 4.69) is 19.2 Å². The summed E-state index contributed by atoms with van der Waals surface area (Å²) in [5.41, 5.74) is 0. The summed E-state index contributed by atoms with van der Waals surface area (Å²) in [5, 5.41) is 2.55. The third-order valence-corrected chi connectivity index (χ3v) is 3.01. The van der Waals surface area contributed by atoms with Gasteiger partial charge in [0.2, 0.25) is 11.8 Å². The van der Waals surface area contributed by atoms with Crippen molar-refractivity contribution in [2.45, 2.75) is 66.5 Å². The second-order valence-electron chi connectivity index (χ2n) is 6.03. The number of carbonyl (C=O) groups is 3. The van der Waals surface area contributed by atoms with Crippen LogP contribution in [0.4, 0.5) is 0 Å². The molecule has 1 unspecified atom stereocenters. The second-order valence-corrected chi connectivity index (χ2v) is 6.03. The van der Waals surface area contributed by atoms with Gasteiger partial charge in [0, 0.05) is 13.0 Å². The molecule has 2 amide bonds. The molecule has 25 heavy (non-hydrogen) atoms. The van der Waals surface area contributed by atoms with E-state index in [0.29, 0.717) is 12.3 Å². The van der Waals surface area contributed by atoms with E-state index in [1.165, 1.54) is 11.8 Å². The van der Waals surface area contributed by atoms with Gasteiger partial charge in [-0.1, -0.05) is 26.3 Å². The van der Waals surface area contributed by atoms with E-state index >= 15 is 0 Å². The van der Waals surface area contributed by atoms with Gasteiger partial charge in [-0.2, -0.15) is 20.3 Å². The fourth-order valence-corrected chi connectivity index (χ4v) is 1.98. The van der Waals surface area contributed by atoms with Gasteiger partial charge < -0.3 is 32.6 Å². The third kappa shape index (κ3) is 14.9. The molecule has 7 heteroatoms. The van der Waals surface area contributed by atoms with E-state index in [0.717, 1.165) is 12.7 Å². The van der Waals surface area contributed by atoms with Crippen LogP contribution in [0.1, 0.15) is 54.4 Å². The van der Waals surface area contributed by atoms with Gasteiger partial charge in [0.05, 0.1) is 0 Å². The van der Waals surface area contributed by atoms with E-state index < -0.39 is 6.04 Å². The maximum atomic E-state index is 11.6. The van der Waals surface area contributed by atoms with Gasteiger partial charge in [-0.25, -0.2) is 6.29 Å². The standard InChI is InChI=1S/C9H13N2O3.C6H11O.C3H7.Nb/c1-6-5-8(10-7(2)13)9(14)11(6)3-4-12;1-6(2)4-3-5-7;1-3-2;/h6,8H,3,5H2,1-2H3,(H,10,13);3,5-6H,4H2,1-2H3;3H,1-2H3;/q3*-1;+3/t6?,8-;;;/m0.../s1. The van der Waals surface area contributed by atoms with Crippen molar-refractivity contribution in [3.05, 3.63) is 12.8 Å². The van der Waals surface area contributed by atoms with Gasteiger partial charge in [-0.3, -0.25) is 9.59 Å². The number of aldehydes is 1. The molecule has 0 aliphatic carbocycles. The molecule has 1 rings (SSSR count). The molecule has 1 N–H and O–H groups in total. The second kappa shape index (κ2) is 17.7. The fourth-order valence-electron chi connectivity index (χ4n) is 1.98. The normalized spacial score (nSPS) is 18.0. The van der Waals surface area contributed by atoms with E-state index in [9.17, 15) is 19.2 Å². The van der Waals surface area contributed by atoms with Crippen molar-refractivity contribution in [3.63, 3.8) is 0 Å². The van der Waals surface area contributed by atoms with E-state index in [1.807, 2.05) is 27.2 Å². The minimum atomic E-state index is -0.476. The summed E-state index contributed by atoms with van der Waals surface area (Å²) in [7, 11) is 0. The summed E-state index contributed by atoms with van der Waals surface area (Å²) in [5.74, 6) is 0.189. The summed E-state index contributed by atoms with van der Waals surface area (Å²) in [4.78, 5) is 43.6. The van der Waals surface area contributed by atoms with Crippen molar-refractivity contribution in [3.8, 4) is 0 Å². The first kappa shape index (κ1) is 28.7. The van der Waals surface area contributed by atoms with Gasteiger partial charge >= 0.3 is 22.4 Å². The molecular formula is C18H31N2NbO4. The zero-order valence-corrected chi connectivity index (χ0v) is 18.3. The predicted octanol–water partition coefficient (Wildman–Crippen LogP) is 1.89. The van der Waals surface area contributed by atoms with Crippen LogP contribution in [0, 0.1) is 18.8 Å². The molecular weight excluding hydrogens is 401 g/mol. The van der Waals surface area contributed by atoms with Crippen LogP contribution < -0.4 is 5.32 Å². The number of nitrogens with zero attached hydrogens (tertiary/aromatic N) is 1. The monoisotopic (exact) mass is 432 g/mol. The molecule has 1 heterocycles. The smallest absolute Gasteiger partial charge is 0.540 e. The van der Waals surface area contributed by atoms with Crippen molar-refractivity contribution in [2.24, 2.45) is 5.92 Å². The largest absolute Gasteiger partial charge is 3.00 e. The Bertz CT molecular complexity index is 389. The molecule has 0 bridgehead atoms. The van der Waals surface area contributed by atoms with Crippen LogP contribution in [0.3, 0.4) is 0 Å². The summed E-state index contributed by atoms with van der Waals surface area (Å²) in [6, 6.07) is -0.489. The van der Waals surface area contributed by atoms with Crippen LogP contribution in [0.2, 0.25) is 0 Å². The van der Waals surface area contributed by atoms with Crippen molar-refractivity contribution in [1.29, 1.82) is 0 Å². The molecule has 0 saturated carbocycles. The number of rotatable bonds is 6. The van der Waals surface area contributed by atoms with Gasteiger partial charge in [0.15, 0.2) is 0 Å². The number of carbonyl (C=O) groups excluding carboxylic acids is 4. The molecule has 1 aliphatic rings. The molecule has 2 atom stereocenters. The Balaban J connectivity index is -0.000000373. The molecule has 0 aromatic carbocycles. The number of likely N-dealkylation sites (tertiary alicyclic amines) is 1. The average Bonchev–Trinajstić information content (AvgIpc) is 2.74. The van der Waals surface area contributed by atoms with Crippen LogP contribution in [0.5, 0.6) is 0 Å². The minimum Gasteiger partial charge on any atom is -0.540 e. The summed E-state index contributed by atoms with van der Waals surface area (Å²) >= 11 is 0. The van der Waals surface area contributed by atoms with Gasteiger partial charge in [0.25, 0.3) is 0 Å². The first-order valence-corrected chi connectivity index (χ1v) is 8.18.